The van der Waals surface area contributed by atoms with Gasteiger partial charge in [-0.2, -0.15) is 0 Å². The summed E-state index contributed by atoms with van der Waals surface area (Å²) in [5, 5.41) is 0. The molecule has 1 aliphatic rings. The summed E-state index contributed by atoms with van der Waals surface area (Å²) < 4.78 is 0. The fraction of sp³-hybridized carbons (Fsp3) is 0.900. The summed E-state index contributed by atoms with van der Waals surface area (Å²) in [6, 6.07) is 0. The number of carbonyl (C=O) groups excluding carboxylic acids is 1. The maximum atomic E-state index is 11.2. The zero-order valence-corrected chi connectivity index (χ0v) is 9.45. The van der Waals surface area contributed by atoms with Gasteiger partial charge in [-0.05, 0) is 18.8 Å². The molecule has 0 aliphatic carbocycles. The van der Waals surface area contributed by atoms with Gasteiger partial charge >= 0.3 is 0 Å². The molecule has 0 unspecified atom stereocenters. The van der Waals surface area contributed by atoms with Crippen LogP contribution in [-0.4, -0.2) is 30.5 Å². The van der Waals surface area contributed by atoms with Crippen LogP contribution in [0.2, 0.25) is 0 Å². The first-order valence-corrected chi connectivity index (χ1v) is 5.33. The molecule has 0 aromatic carbocycles. The fourth-order valence-corrected chi connectivity index (χ4v) is 1.42. The Morgan fingerprint density at radius 1 is 1.43 bits per heavy atom. The van der Waals surface area contributed by atoms with E-state index in [1.54, 1.807) is 0 Å². The molecule has 0 spiro atoms. The second-order valence-electron chi connectivity index (χ2n) is 3.37. The van der Waals surface area contributed by atoms with Gasteiger partial charge in [0.2, 0.25) is 0 Å². The molecule has 1 rings (SSSR count). The Hall–Kier alpha value is -0.610. The molecular weight excluding hydrogens is 180 g/mol. The monoisotopic (exact) mass is 202 g/mol. The Balaban J connectivity index is 0.000000791. The number of likely N-dealkylation sites (tertiary alicyclic amines) is 1. The van der Waals surface area contributed by atoms with Crippen LogP contribution in [0, 0.1) is 5.92 Å². The minimum atomic E-state index is 0.00407. The molecule has 0 saturated carbocycles. The van der Waals surface area contributed by atoms with Crippen LogP contribution < -0.4 is 5.90 Å². The van der Waals surface area contributed by atoms with Gasteiger partial charge in [0.1, 0.15) is 6.61 Å². The summed E-state index contributed by atoms with van der Waals surface area (Å²) >= 11 is 0. The van der Waals surface area contributed by atoms with Crippen molar-refractivity contribution in [3.63, 3.8) is 0 Å². The predicted molar refractivity (Wildman–Crippen MR) is 56.5 cm³/mol. The average Bonchev–Trinajstić information content (AvgIpc) is 2.22. The van der Waals surface area contributed by atoms with Gasteiger partial charge < -0.3 is 4.90 Å². The molecular formula is C10H22N2O2. The van der Waals surface area contributed by atoms with Crippen molar-refractivity contribution in [3.05, 3.63) is 0 Å². The number of nitrogens with two attached hydrogens (primary N) is 1. The summed E-state index contributed by atoms with van der Waals surface area (Å²) in [6.45, 7) is 7.92. The molecule has 4 nitrogen and oxygen atoms in total. The van der Waals surface area contributed by atoms with Gasteiger partial charge in [-0.25, -0.2) is 5.90 Å². The van der Waals surface area contributed by atoms with Crippen molar-refractivity contribution in [2.75, 3.05) is 19.7 Å². The first-order chi connectivity index (χ1) is 6.74. The Labute approximate surface area is 86.4 Å². The zero-order valence-electron chi connectivity index (χ0n) is 9.45. The van der Waals surface area contributed by atoms with E-state index in [4.69, 9.17) is 5.90 Å². The van der Waals surface area contributed by atoms with Crippen LogP contribution in [0.4, 0.5) is 0 Å². The third-order valence-electron chi connectivity index (χ3n) is 2.34. The van der Waals surface area contributed by atoms with Crippen molar-refractivity contribution in [2.45, 2.75) is 33.6 Å². The molecule has 84 valence electrons. The maximum absolute atomic E-state index is 11.2. The van der Waals surface area contributed by atoms with E-state index in [-0.39, 0.29) is 12.5 Å². The molecule has 2 N–H and O–H groups in total. The van der Waals surface area contributed by atoms with Gasteiger partial charge in [0.25, 0.3) is 5.91 Å². The van der Waals surface area contributed by atoms with Gasteiger partial charge in [-0.15, -0.1) is 0 Å². The molecule has 1 aliphatic heterocycles. The highest BCUT2D eigenvalue weighted by Crippen LogP contribution is 2.15. The lowest BCUT2D eigenvalue weighted by Gasteiger charge is -2.29. The van der Waals surface area contributed by atoms with Crippen LogP contribution in [0.25, 0.3) is 0 Å². The summed E-state index contributed by atoms with van der Waals surface area (Å²) in [5.41, 5.74) is 0. The second-order valence-corrected chi connectivity index (χ2v) is 3.37. The summed E-state index contributed by atoms with van der Waals surface area (Å²) in [5.74, 6) is 5.56. The van der Waals surface area contributed by atoms with E-state index in [1.165, 1.54) is 0 Å². The third kappa shape index (κ3) is 4.58. The highest BCUT2D eigenvalue weighted by molar-refractivity contribution is 5.77. The van der Waals surface area contributed by atoms with Gasteiger partial charge in [0.05, 0.1) is 0 Å². The highest BCUT2D eigenvalue weighted by Gasteiger charge is 2.19. The lowest BCUT2D eigenvalue weighted by molar-refractivity contribution is -0.137. The Kier molecular flexibility index (Phi) is 7.42. The molecule has 1 fully saturated rings. The molecule has 0 aromatic heterocycles. The lowest BCUT2D eigenvalue weighted by atomic mass is 9.99. The molecule has 0 bridgehead atoms. The predicted octanol–water partition coefficient (Wildman–Crippen LogP) is 1.16. The van der Waals surface area contributed by atoms with Crippen molar-refractivity contribution in [1.29, 1.82) is 0 Å². The van der Waals surface area contributed by atoms with E-state index in [0.717, 1.165) is 31.8 Å². The standard InChI is InChI=1S/C8H16N2O2.C2H6/c1-7-2-4-10(5-3-7)8(11)6-12-9;1-2/h7H,2-6,9H2,1H3;1-2H3. The Morgan fingerprint density at radius 2 is 1.93 bits per heavy atom. The summed E-state index contributed by atoms with van der Waals surface area (Å²) in [7, 11) is 0. The normalized spacial score (nSPS) is 17.3. The molecule has 1 heterocycles. The molecule has 4 heteroatoms. The molecule has 1 saturated heterocycles. The lowest BCUT2D eigenvalue weighted by Crippen LogP contribution is -2.40. The largest absolute Gasteiger partial charge is 0.341 e. The molecule has 0 atom stereocenters. The number of hydrogen-bond donors (Lipinski definition) is 1. The summed E-state index contributed by atoms with van der Waals surface area (Å²) in [6.07, 6.45) is 2.19. The van der Waals surface area contributed by atoms with E-state index in [1.807, 2.05) is 18.7 Å². The maximum Gasteiger partial charge on any atom is 0.250 e. The van der Waals surface area contributed by atoms with E-state index in [0.29, 0.717) is 0 Å². The van der Waals surface area contributed by atoms with Crippen LogP contribution in [0.1, 0.15) is 33.6 Å². The SMILES string of the molecule is CC.CC1CCN(C(=O)CON)CC1. The quantitative estimate of drug-likeness (QED) is 0.684. The molecule has 0 aromatic rings. The smallest absolute Gasteiger partial charge is 0.250 e. The van der Waals surface area contributed by atoms with Crippen LogP contribution in [0.15, 0.2) is 0 Å². The minimum absolute atomic E-state index is 0.00407. The Morgan fingerprint density at radius 3 is 2.36 bits per heavy atom. The number of hydrogen-bond acceptors (Lipinski definition) is 3. The van der Waals surface area contributed by atoms with Crippen LogP contribution in [0.3, 0.4) is 0 Å². The van der Waals surface area contributed by atoms with Crippen molar-refractivity contribution in [2.24, 2.45) is 11.8 Å². The van der Waals surface area contributed by atoms with Gasteiger partial charge in [0, 0.05) is 13.1 Å². The second kappa shape index (κ2) is 7.76. The van der Waals surface area contributed by atoms with Gasteiger partial charge in [0.15, 0.2) is 0 Å². The van der Waals surface area contributed by atoms with Crippen molar-refractivity contribution in [3.8, 4) is 0 Å². The van der Waals surface area contributed by atoms with Crippen molar-refractivity contribution in [1.82, 2.24) is 4.90 Å². The topological polar surface area (TPSA) is 55.6 Å². The molecule has 0 radical (unpaired) electrons. The van der Waals surface area contributed by atoms with Crippen molar-refractivity contribution >= 4 is 5.91 Å². The third-order valence-corrected chi connectivity index (χ3v) is 2.34. The van der Waals surface area contributed by atoms with Crippen LogP contribution >= 0.6 is 0 Å². The zero-order chi connectivity index (χ0) is 11.0. The minimum Gasteiger partial charge on any atom is -0.341 e. The number of amides is 1. The number of nitrogens with zero attached hydrogens (tertiary/aromatic N) is 1. The highest BCUT2D eigenvalue weighted by atomic mass is 16.6. The van der Waals surface area contributed by atoms with Gasteiger partial charge in [-0.1, -0.05) is 20.8 Å². The van der Waals surface area contributed by atoms with E-state index in [9.17, 15) is 4.79 Å². The number of rotatable bonds is 2. The van der Waals surface area contributed by atoms with E-state index in [2.05, 4.69) is 11.8 Å². The Bertz CT molecular complexity index is 154. The number of carbonyl (C=O) groups is 1. The van der Waals surface area contributed by atoms with E-state index >= 15 is 0 Å². The fourth-order valence-electron chi connectivity index (χ4n) is 1.42. The van der Waals surface area contributed by atoms with E-state index < -0.39 is 0 Å². The van der Waals surface area contributed by atoms with Gasteiger partial charge in [-0.3, -0.25) is 9.63 Å². The van der Waals surface area contributed by atoms with Crippen LogP contribution in [0.5, 0.6) is 0 Å². The first-order valence-electron chi connectivity index (χ1n) is 5.33. The molecule has 14 heavy (non-hydrogen) atoms. The number of piperidine rings is 1. The average molecular weight is 202 g/mol. The first kappa shape index (κ1) is 13.4. The summed E-state index contributed by atoms with van der Waals surface area (Å²) in [4.78, 5) is 17.3. The molecule has 1 amide bonds. The van der Waals surface area contributed by atoms with Crippen LogP contribution in [-0.2, 0) is 9.63 Å². The van der Waals surface area contributed by atoms with Crippen molar-refractivity contribution < 1.29 is 9.63 Å².